The molecule has 1 aliphatic rings. The Bertz CT molecular complexity index is 1020. The Kier molecular flexibility index (Phi) is 5.34. The number of nitrogens with one attached hydrogen (secondary N) is 2. The van der Waals surface area contributed by atoms with Crippen molar-refractivity contribution in [3.63, 3.8) is 0 Å². The van der Waals surface area contributed by atoms with Crippen molar-refractivity contribution in [2.45, 2.75) is 49.2 Å². The lowest BCUT2D eigenvalue weighted by molar-refractivity contribution is -0.124. The highest BCUT2D eigenvalue weighted by Gasteiger charge is 2.53. The molecule has 0 saturated heterocycles. The van der Waals surface area contributed by atoms with E-state index in [1.807, 2.05) is 13.0 Å². The molecule has 8 heteroatoms. The van der Waals surface area contributed by atoms with E-state index in [1.165, 1.54) is 0 Å². The van der Waals surface area contributed by atoms with Crippen LogP contribution < -0.4 is 10.9 Å². The van der Waals surface area contributed by atoms with Crippen LogP contribution in [0.2, 0.25) is 0 Å². The van der Waals surface area contributed by atoms with Crippen LogP contribution in [-0.2, 0) is 21.7 Å². The molecule has 1 aliphatic carbocycles. The highest BCUT2D eigenvalue weighted by atomic mass is 32.2. The average molecular weight is 404 g/mol. The summed E-state index contributed by atoms with van der Waals surface area (Å²) in [5.74, 6) is -1.19. The first-order valence-corrected chi connectivity index (χ1v) is 10.7. The minimum absolute atomic E-state index is 0.179. The van der Waals surface area contributed by atoms with Crippen LogP contribution in [0, 0.1) is 13.8 Å². The summed E-state index contributed by atoms with van der Waals surface area (Å²) in [4.78, 5) is 25.5. The van der Waals surface area contributed by atoms with Crippen LogP contribution in [-0.4, -0.2) is 29.5 Å². The molecule has 1 aromatic heterocycles. The van der Waals surface area contributed by atoms with Crippen molar-refractivity contribution in [3.05, 3.63) is 53.3 Å². The van der Waals surface area contributed by atoms with Crippen LogP contribution in [0.3, 0.4) is 0 Å². The minimum Gasteiger partial charge on any atom is -0.347 e. The first-order valence-electron chi connectivity index (χ1n) is 9.23. The van der Waals surface area contributed by atoms with Crippen LogP contribution in [0.15, 0.2) is 41.4 Å². The van der Waals surface area contributed by atoms with Crippen molar-refractivity contribution in [1.29, 1.82) is 0 Å². The summed E-state index contributed by atoms with van der Waals surface area (Å²) in [5.41, 5.74) is 6.50. The Morgan fingerprint density at radius 1 is 1.07 bits per heavy atom. The molecule has 0 atom stereocenters. The monoisotopic (exact) mass is 403 g/mol. The second-order valence-electron chi connectivity index (χ2n) is 7.39. The number of benzene rings is 1. The Morgan fingerprint density at radius 3 is 2.36 bits per heavy atom. The summed E-state index contributed by atoms with van der Waals surface area (Å²) in [6.45, 7) is 3.55. The molecule has 1 aromatic carbocycles. The molecule has 150 valence electrons. The van der Waals surface area contributed by atoms with Gasteiger partial charge in [-0.15, -0.1) is 0 Å². The fraction of sp³-hybridized carbons (Fsp3) is 0.400. The molecule has 0 bridgehead atoms. The summed E-state index contributed by atoms with van der Waals surface area (Å²) in [5, 5.41) is 0. The third-order valence-corrected chi connectivity index (χ3v) is 8.08. The molecule has 1 saturated carbocycles. The van der Waals surface area contributed by atoms with Crippen LogP contribution in [0.4, 0.5) is 0 Å². The number of amides is 2. The minimum atomic E-state index is -3.93. The number of aromatic nitrogens is 1. The number of hydrogen-bond donors (Lipinski definition) is 2. The van der Waals surface area contributed by atoms with Crippen LogP contribution in [0.25, 0.3) is 0 Å². The number of hydrogen-bond acceptors (Lipinski definition) is 4. The molecule has 2 N–H and O–H groups in total. The van der Waals surface area contributed by atoms with Crippen LogP contribution >= 0.6 is 0 Å². The maximum atomic E-state index is 13.5. The molecule has 1 heterocycles. The van der Waals surface area contributed by atoms with E-state index in [0.717, 1.165) is 5.56 Å². The van der Waals surface area contributed by atoms with E-state index in [4.69, 9.17) is 0 Å². The average Bonchev–Trinajstić information content (AvgIpc) is 3.31. The topological polar surface area (TPSA) is 97.3 Å². The zero-order valence-corrected chi connectivity index (χ0v) is 17.1. The largest absolute Gasteiger partial charge is 0.347 e. The predicted octanol–water partition coefficient (Wildman–Crippen LogP) is 2.19. The second kappa shape index (κ2) is 7.43. The first-order chi connectivity index (χ1) is 13.2. The number of hydrazine groups is 1. The molecule has 0 unspecified atom stereocenters. The molecule has 1 fully saturated rings. The lowest BCUT2D eigenvalue weighted by atomic mass is 10.1. The molecular weight excluding hydrogens is 378 g/mol. The fourth-order valence-corrected chi connectivity index (χ4v) is 6.13. The van der Waals surface area contributed by atoms with Crippen LogP contribution in [0.5, 0.6) is 0 Å². The lowest BCUT2D eigenvalue weighted by Crippen LogP contribution is -2.55. The molecule has 28 heavy (non-hydrogen) atoms. The van der Waals surface area contributed by atoms with Gasteiger partial charge in [0.1, 0.15) is 5.69 Å². The normalized spacial score (nSPS) is 16.0. The van der Waals surface area contributed by atoms with Gasteiger partial charge < -0.3 is 4.57 Å². The van der Waals surface area contributed by atoms with Gasteiger partial charge in [-0.2, -0.15) is 0 Å². The third-order valence-electron chi connectivity index (χ3n) is 5.44. The van der Waals surface area contributed by atoms with E-state index < -0.39 is 26.4 Å². The Balaban J connectivity index is 1.89. The molecule has 2 aromatic rings. The molecule has 0 spiro atoms. The quantitative estimate of drug-likeness (QED) is 0.765. The highest BCUT2D eigenvalue weighted by molar-refractivity contribution is 7.93. The lowest BCUT2D eigenvalue weighted by Gasteiger charge is -2.28. The van der Waals surface area contributed by atoms with Crippen molar-refractivity contribution < 1.29 is 18.0 Å². The Labute approximate surface area is 165 Å². The SMILES string of the molecule is Cc1ccc(C)c(S(=O)(=O)C2(C(=O)NNC(=O)c3cccn3C)CCCC2)c1. The summed E-state index contributed by atoms with van der Waals surface area (Å²) >= 11 is 0. The Morgan fingerprint density at radius 2 is 1.75 bits per heavy atom. The number of aryl methyl sites for hydroxylation is 3. The van der Waals surface area contributed by atoms with E-state index in [9.17, 15) is 18.0 Å². The summed E-state index contributed by atoms with van der Waals surface area (Å²) < 4.78 is 27.1. The highest BCUT2D eigenvalue weighted by Crippen LogP contribution is 2.41. The van der Waals surface area contributed by atoms with E-state index >= 15 is 0 Å². The second-order valence-corrected chi connectivity index (χ2v) is 9.61. The summed E-state index contributed by atoms with van der Waals surface area (Å²) in [7, 11) is -2.22. The van der Waals surface area contributed by atoms with E-state index in [2.05, 4.69) is 10.9 Å². The number of carbonyl (C=O) groups excluding carboxylic acids is 2. The zero-order valence-electron chi connectivity index (χ0n) is 16.3. The summed E-state index contributed by atoms with van der Waals surface area (Å²) in [6.07, 6.45) is 3.45. The third kappa shape index (κ3) is 3.32. The first kappa shape index (κ1) is 20.1. The summed E-state index contributed by atoms with van der Waals surface area (Å²) in [6, 6.07) is 8.52. The van der Waals surface area contributed by atoms with Crippen LogP contribution in [0.1, 0.15) is 47.3 Å². The van der Waals surface area contributed by atoms with E-state index in [-0.39, 0.29) is 17.7 Å². The van der Waals surface area contributed by atoms with Crippen molar-refractivity contribution in [2.75, 3.05) is 0 Å². The van der Waals surface area contributed by atoms with Gasteiger partial charge in [-0.25, -0.2) is 8.42 Å². The number of rotatable bonds is 4. The zero-order chi connectivity index (χ0) is 20.5. The van der Waals surface area contributed by atoms with Crippen molar-refractivity contribution in [2.24, 2.45) is 7.05 Å². The molecule has 0 aliphatic heterocycles. The fourth-order valence-electron chi connectivity index (χ4n) is 3.76. The maximum Gasteiger partial charge on any atom is 0.286 e. The number of carbonyl (C=O) groups is 2. The van der Waals surface area contributed by atoms with Crippen molar-refractivity contribution >= 4 is 21.7 Å². The van der Waals surface area contributed by atoms with Gasteiger partial charge in [-0.1, -0.05) is 25.0 Å². The van der Waals surface area contributed by atoms with Gasteiger partial charge in [0, 0.05) is 13.2 Å². The van der Waals surface area contributed by atoms with E-state index in [1.54, 1.807) is 49.0 Å². The van der Waals surface area contributed by atoms with Gasteiger partial charge in [0.2, 0.25) is 0 Å². The smallest absolute Gasteiger partial charge is 0.286 e. The van der Waals surface area contributed by atoms with Gasteiger partial charge in [0.25, 0.3) is 11.8 Å². The molecule has 7 nitrogen and oxygen atoms in total. The van der Waals surface area contributed by atoms with Gasteiger partial charge >= 0.3 is 0 Å². The molecule has 2 amide bonds. The Hall–Kier alpha value is -2.61. The van der Waals surface area contributed by atoms with Gasteiger partial charge in [-0.05, 0) is 56.0 Å². The molecular formula is C20H25N3O4S. The predicted molar refractivity (Wildman–Crippen MR) is 105 cm³/mol. The van der Waals surface area contributed by atoms with Crippen molar-refractivity contribution in [3.8, 4) is 0 Å². The molecule has 0 radical (unpaired) electrons. The molecule has 3 rings (SSSR count). The van der Waals surface area contributed by atoms with E-state index in [0.29, 0.717) is 24.1 Å². The van der Waals surface area contributed by atoms with Gasteiger partial charge in [0.15, 0.2) is 14.6 Å². The van der Waals surface area contributed by atoms with Gasteiger partial charge in [0.05, 0.1) is 4.90 Å². The number of sulfone groups is 1. The van der Waals surface area contributed by atoms with Gasteiger partial charge in [-0.3, -0.25) is 20.4 Å². The number of nitrogens with zero attached hydrogens (tertiary/aromatic N) is 1. The van der Waals surface area contributed by atoms with Crippen molar-refractivity contribution in [1.82, 2.24) is 15.4 Å². The maximum absolute atomic E-state index is 13.5. The standard InChI is InChI=1S/C20H25N3O4S/c1-14-8-9-15(2)17(13-14)28(26,27)20(10-4-5-11-20)19(25)22-21-18(24)16-7-6-12-23(16)3/h6-9,12-13H,4-5,10-11H2,1-3H3,(H,21,24)(H,22,25).